The topological polar surface area (TPSA) is 113 Å². The number of unbranched alkanes of at least 4 members (excludes halogenated alkanes) is 11. The van der Waals surface area contributed by atoms with Gasteiger partial charge < -0.3 is 25.8 Å². The summed E-state index contributed by atoms with van der Waals surface area (Å²) in [5, 5.41) is 25.4. The van der Waals surface area contributed by atoms with Crippen LogP contribution in [0.1, 0.15) is 84.0 Å². The van der Waals surface area contributed by atoms with Crippen LogP contribution in [0.2, 0.25) is 0 Å². The van der Waals surface area contributed by atoms with Crippen LogP contribution in [0.4, 0.5) is 0 Å². The molecule has 1 atom stereocenters. The lowest BCUT2D eigenvalue weighted by Crippen LogP contribution is -2.21. The smallest absolute Gasteiger partial charge is 0.330 e. The van der Waals surface area contributed by atoms with E-state index >= 15 is 0 Å². The van der Waals surface area contributed by atoms with E-state index in [4.69, 9.17) is 25.8 Å². The highest BCUT2D eigenvalue weighted by molar-refractivity contribution is 5.81. The van der Waals surface area contributed by atoms with Gasteiger partial charge >= 0.3 is 5.97 Å². The van der Waals surface area contributed by atoms with Crippen molar-refractivity contribution < 1.29 is 24.9 Å². The number of carbonyl (C=O) groups excluding carboxylic acids is 1. The molecular weight excluding hydrogens is 346 g/mol. The molecule has 0 aromatic rings. The minimum Gasteiger partial charge on any atom is -0.460 e. The van der Waals surface area contributed by atoms with Crippen molar-refractivity contribution in [3.63, 3.8) is 0 Å². The molecule has 0 aliphatic rings. The summed E-state index contributed by atoms with van der Waals surface area (Å²) in [4.78, 5) is 11.3. The zero-order valence-corrected chi connectivity index (χ0v) is 17.3. The second-order valence-corrected chi connectivity index (χ2v) is 6.71. The van der Waals surface area contributed by atoms with E-state index in [2.05, 4.69) is 6.92 Å². The molecule has 0 aromatic carbocycles. The second-order valence-electron chi connectivity index (χ2n) is 6.71. The summed E-state index contributed by atoms with van der Waals surface area (Å²) in [6.07, 6.45) is 17.6. The van der Waals surface area contributed by atoms with Crippen LogP contribution in [0.25, 0.3) is 0 Å². The summed E-state index contributed by atoms with van der Waals surface area (Å²) in [6.45, 7) is 2.17. The first-order valence-corrected chi connectivity index (χ1v) is 10.5. The van der Waals surface area contributed by atoms with Gasteiger partial charge in [-0.2, -0.15) is 0 Å². The van der Waals surface area contributed by atoms with E-state index in [1.165, 1.54) is 70.3 Å². The van der Waals surface area contributed by atoms with Crippen molar-refractivity contribution in [2.24, 2.45) is 5.73 Å². The number of nitrogens with two attached hydrogens (primary N) is 1. The molecule has 0 saturated heterocycles. The largest absolute Gasteiger partial charge is 0.460 e. The molecule has 162 valence electrons. The van der Waals surface area contributed by atoms with Crippen LogP contribution in [-0.4, -0.2) is 53.8 Å². The minimum absolute atomic E-state index is 0.0972. The monoisotopic (exact) mass is 389 g/mol. The number of esters is 1. The molecule has 0 fully saturated rings. The number of rotatable bonds is 17. The third-order valence-electron chi connectivity index (χ3n) is 3.99. The van der Waals surface area contributed by atoms with E-state index in [0.717, 1.165) is 12.8 Å². The third kappa shape index (κ3) is 27.4. The van der Waals surface area contributed by atoms with E-state index in [0.29, 0.717) is 6.54 Å². The number of allylic oxidation sites excluding steroid dienone is 1. The van der Waals surface area contributed by atoms with E-state index in [9.17, 15) is 4.79 Å². The van der Waals surface area contributed by atoms with Gasteiger partial charge in [0, 0.05) is 12.6 Å². The molecule has 0 bridgehead atoms. The van der Waals surface area contributed by atoms with Crippen LogP contribution < -0.4 is 5.73 Å². The maximum Gasteiger partial charge on any atom is 0.330 e. The van der Waals surface area contributed by atoms with Gasteiger partial charge in [0.25, 0.3) is 0 Å². The molecule has 0 aliphatic carbocycles. The Morgan fingerprint density at radius 3 is 1.89 bits per heavy atom. The number of aliphatic hydroxyl groups is 3. The van der Waals surface area contributed by atoms with E-state index in [1.807, 2.05) is 6.08 Å². The predicted octanol–water partition coefficient (Wildman–Crippen LogP) is 3.08. The van der Waals surface area contributed by atoms with Gasteiger partial charge in [0.1, 0.15) is 12.7 Å². The molecule has 0 aromatic heterocycles. The Morgan fingerprint density at radius 2 is 1.44 bits per heavy atom. The Balaban J connectivity index is 0. The van der Waals surface area contributed by atoms with Gasteiger partial charge in [-0.15, -0.1) is 0 Å². The molecule has 0 heterocycles. The molecule has 0 radical (unpaired) electrons. The first-order valence-electron chi connectivity index (χ1n) is 10.5. The Morgan fingerprint density at radius 1 is 0.963 bits per heavy atom. The van der Waals surface area contributed by atoms with Crippen molar-refractivity contribution >= 4 is 5.97 Å². The van der Waals surface area contributed by atoms with E-state index in [1.54, 1.807) is 0 Å². The predicted molar refractivity (Wildman–Crippen MR) is 110 cm³/mol. The highest BCUT2D eigenvalue weighted by Crippen LogP contribution is 2.12. The first-order chi connectivity index (χ1) is 13.1. The number of hydrogen-bond donors (Lipinski definition) is 4. The Labute approximate surface area is 165 Å². The van der Waals surface area contributed by atoms with Gasteiger partial charge in [-0.3, -0.25) is 0 Å². The van der Waals surface area contributed by atoms with Crippen molar-refractivity contribution in [1.82, 2.24) is 0 Å². The van der Waals surface area contributed by atoms with Crippen LogP contribution in [0.3, 0.4) is 0 Å². The lowest BCUT2D eigenvalue weighted by Gasteiger charge is -2.06. The van der Waals surface area contributed by atoms with Gasteiger partial charge in [0.15, 0.2) is 0 Å². The maximum atomic E-state index is 11.3. The molecule has 6 nitrogen and oxygen atoms in total. The van der Waals surface area contributed by atoms with Crippen LogP contribution in [-0.2, 0) is 9.53 Å². The number of hydrogen-bond acceptors (Lipinski definition) is 6. The normalized spacial score (nSPS) is 11.9. The average Bonchev–Trinajstić information content (AvgIpc) is 2.69. The molecule has 0 aliphatic heterocycles. The summed E-state index contributed by atoms with van der Waals surface area (Å²) in [5.74, 6) is -0.458. The SMILES string of the molecule is CCCCCCCCCCCCCC=CC(=O)OCC(O)CO.NCCO. The summed E-state index contributed by atoms with van der Waals surface area (Å²) < 4.78 is 4.77. The average molecular weight is 390 g/mol. The lowest BCUT2D eigenvalue weighted by atomic mass is 10.1. The molecule has 6 heteroatoms. The molecule has 27 heavy (non-hydrogen) atoms. The number of aliphatic hydroxyl groups excluding tert-OH is 3. The van der Waals surface area contributed by atoms with Gasteiger partial charge in [-0.1, -0.05) is 77.2 Å². The van der Waals surface area contributed by atoms with Crippen molar-refractivity contribution in [1.29, 1.82) is 0 Å². The first kappa shape index (κ1) is 28.3. The van der Waals surface area contributed by atoms with Crippen molar-refractivity contribution in [2.75, 3.05) is 26.4 Å². The molecule has 1 unspecified atom stereocenters. The summed E-state index contributed by atoms with van der Waals surface area (Å²) in [5.41, 5.74) is 4.78. The van der Waals surface area contributed by atoms with Gasteiger partial charge in [0.2, 0.25) is 0 Å². The highest BCUT2D eigenvalue weighted by atomic mass is 16.5. The fourth-order valence-electron chi connectivity index (χ4n) is 2.39. The second kappa shape index (κ2) is 25.1. The van der Waals surface area contributed by atoms with E-state index in [-0.39, 0.29) is 13.2 Å². The van der Waals surface area contributed by atoms with Crippen molar-refractivity contribution in [3.8, 4) is 0 Å². The van der Waals surface area contributed by atoms with Gasteiger partial charge in [-0.25, -0.2) is 4.79 Å². The summed E-state index contributed by atoms with van der Waals surface area (Å²) in [6, 6.07) is 0. The van der Waals surface area contributed by atoms with Crippen LogP contribution in [0.15, 0.2) is 12.2 Å². The fourth-order valence-corrected chi connectivity index (χ4v) is 2.39. The quantitative estimate of drug-likeness (QED) is 0.173. The number of ether oxygens (including phenoxy) is 1. The Bertz CT molecular complexity index is 322. The molecule has 0 amide bonds. The molecule has 5 N–H and O–H groups in total. The standard InChI is InChI=1S/C19H36O4.C2H7NO/c1-2-3-4-5-6-7-8-9-10-11-12-13-14-15-19(22)23-17-18(21)16-20;3-1-2-4/h14-15,18,20-21H,2-13,16-17H2,1H3;4H,1-3H2. The number of carbonyl (C=O) groups is 1. The third-order valence-corrected chi connectivity index (χ3v) is 3.99. The van der Waals surface area contributed by atoms with Crippen LogP contribution >= 0.6 is 0 Å². The molecule has 0 rings (SSSR count). The van der Waals surface area contributed by atoms with Crippen molar-refractivity contribution in [2.45, 2.75) is 90.1 Å². The van der Waals surface area contributed by atoms with Crippen molar-refractivity contribution in [3.05, 3.63) is 12.2 Å². The summed E-state index contributed by atoms with van der Waals surface area (Å²) >= 11 is 0. The van der Waals surface area contributed by atoms with E-state index < -0.39 is 18.7 Å². The van der Waals surface area contributed by atoms with Gasteiger partial charge in [-0.05, 0) is 12.8 Å². The lowest BCUT2D eigenvalue weighted by molar-refractivity contribution is -0.141. The van der Waals surface area contributed by atoms with Crippen LogP contribution in [0.5, 0.6) is 0 Å². The highest BCUT2D eigenvalue weighted by Gasteiger charge is 2.04. The molecular formula is C21H43NO5. The maximum absolute atomic E-state index is 11.3. The Kier molecular flexibility index (Phi) is 26.2. The van der Waals surface area contributed by atoms with Crippen LogP contribution in [0, 0.1) is 0 Å². The molecule has 0 saturated carbocycles. The zero-order chi connectivity index (χ0) is 20.6. The zero-order valence-electron chi connectivity index (χ0n) is 17.3. The summed E-state index contributed by atoms with van der Waals surface area (Å²) in [7, 11) is 0. The minimum atomic E-state index is -0.987. The Hall–Kier alpha value is -0.950. The fraction of sp³-hybridized carbons (Fsp3) is 0.857. The molecule has 0 spiro atoms. The van der Waals surface area contributed by atoms with Gasteiger partial charge in [0.05, 0.1) is 13.2 Å².